The molecule has 0 saturated carbocycles. The number of carbonyl (C=O) groups is 1. The van der Waals surface area contributed by atoms with Crippen LogP contribution in [0.2, 0.25) is 0 Å². The van der Waals surface area contributed by atoms with E-state index in [-0.39, 0.29) is 16.6 Å². The minimum absolute atomic E-state index is 0.0972. The van der Waals surface area contributed by atoms with Gasteiger partial charge in [-0.3, -0.25) is 4.79 Å². The predicted molar refractivity (Wildman–Crippen MR) is 109 cm³/mol. The van der Waals surface area contributed by atoms with E-state index in [1.165, 1.54) is 35.5 Å². The lowest BCUT2D eigenvalue weighted by atomic mass is 10.2. The molecule has 7 nitrogen and oxygen atoms in total. The van der Waals surface area contributed by atoms with E-state index in [0.29, 0.717) is 44.2 Å². The summed E-state index contributed by atoms with van der Waals surface area (Å²) in [4.78, 5) is 13.6. The molecule has 0 aromatic heterocycles. The first-order chi connectivity index (χ1) is 13.8. The first-order valence-electron chi connectivity index (χ1n) is 9.36. The van der Waals surface area contributed by atoms with Crippen LogP contribution in [0.1, 0.15) is 13.8 Å². The van der Waals surface area contributed by atoms with Crippen molar-refractivity contribution in [3.05, 3.63) is 48.3 Å². The number of nitrogens with zero attached hydrogens (tertiary/aromatic N) is 2. The first-order valence-corrected chi connectivity index (χ1v) is 10.8. The number of rotatable bonds is 6. The van der Waals surface area contributed by atoms with Crippen LogP contribution in [-0.4, -0.2) is 51.4 Å². The molecule has 9 heteroatoms. The fourth-order valence-corrected chi connectivity index (χ4v) is 4.67. The third kappa shape index (κ3) is 4.86. The summed E-state index contributed by atoms with van der Waals surface area (Å²) in [5.41, 5.74) is 1.18. The van der Waals surface area contributed by atoms with Gasteiger partial charge >= 0.3 is 0 Å². The van der Waals surface area contributed by atoms with Crippen LogP contribution in [0.4, 0.5) is 15.8 Å². The number of piperazine rings is 1. The van der Waals surface area contributed by atoms with Gasteiger partial charge in [-0.2, -0.15) is 4.31 Å². The quantitative estimate of drug-likeness (QED) is 0.776. The van der Waals surface area contributed by atoms with E-state index in [1.807, 2.05) is 11.8 Å². The molecule has 0 radical (unpaired) electrons. The molecule has 0 bridgehead atoms. The van der Waals surface area contributed by atoms with Gasteiger partial charge in [-0.25, -0.2) is 12.8 Å². The van der Waals surface area contributed by atoms with Crippen molar-refractivity contribution < 1.29 is 22.3 Å². The van der Waals surface area contributed by atoms with Gasteiger partial charge in [-0.1, -0.05) is 0 Å². The Labute approximate surface area is 170 Å². The van der Waals surface area contributed by atoms with Gasteiger partial charge in [0.2, 0.25) is 15.9 Å². The molecule has 0 spiro atoms. The zero-order valence-electron chi connectivity index (χ0n) is 16.4. The standard InChI is InChI=1S/C20H24FN3O4S/c1-3-28-20-9-8-18(14-19(20)22-15(2)25)29(26,27)24-12-10-23(11-13-24)17-6-4-16(21)5-7-17/h4-9,14H,3,10-13H2,1-2H3,(H,22,25). The topological polar surface area (TPSA) is 79.0 Å². The molecule has 29 heavy (non-hydrogen) atoms. The number of halogens is 1. The summed E-state index contributed by atoms with van der Waals surface area (Å²) in [5, 5.41) is 2.62. The SMILES string of the molecule is CCOc1ccc(S(=O)(=O)N2CCN(c3ccc(F)cc3)CC2)cc1NC(C)=O. The third-order valence-corrected chi connectivity index (χ3v) is 6.52. The van der Waals surface area contributed by atoms with Crippen molar-refractivity contribution in [2.45, 2.75) is 18.7 Å². The van der Waals surface area contributed by atoms with E-state index in [9.17, 15) is 17.6 Å². The molecule has 0 unspecified atom stereocenters. The van der Waals surface area contributed by atoms with Gasteiger partial charge in [-0.05, 0) is 49.4 Å². The number of nitrogens with one attached hydrogen (secondary N) is 1. The number of carbonyl (C=O) groups excluding carboxylic acids is 1. The second kappa shape index (κ2) is 8.79. The van der Waals surface area contributed by atoms with E-state index < -0.39 is 10.0 Å². The monoisotopic (exact) mass is 421 g/mol. The molecular formula is C20H24FN3O4S. The van der Waals surface area contributed by atoms with E-state index in [2.05, 4.69) is 5.32 Å². The molecule has 1 aliphatic rings. The summed E-state index contributed by atoms with van der Waals surface area (Å²) in [6.45, 7) is 5.17. The second-order valence-electron chi connectivity index (χ2n) is 6.64. The molecular weight excluding hydrogens is 397 g/mol. The van der Waals surface area contributed by atoms with Crippen LogP contribution >= 0.6 is 0 Å². The summed E-state index contributed by atoms with van der Waals surface area (Å²) in [5.74, 6) is -0.198. The molecule has 3 rings (SSSR count). The Morgan fingerprint density at radius 2 is 1.76 bits per heavy atom. The first kappa shape index (κ1) is 21.1. The number of sulfonamides is 1. The predicted octanol–water partition coefficient (Wildman–Crippen LogP) is 2.69. The fraction of sp³-hybridized carbons (Fsp3) is 0.350. The van der Waals surface area contributed by atoms with Gasteiger partial charge in [0.15, 0.2) is 0 Å². The van der Waals surface area contributed by atoms with Crippen LogP contribution < -0.4 is 15.0 Å². The minimum atomic E-state index is -3.72. The van der Waals surface area contributed by atoms with Crippen molar-refractivity contribution in [3.8, 4) is 5.75 Å². The molecule has 156 valence electrons. The molecule has 1 N–H and O–H groups in total. The van der Waals surface area contributed by atoms with Crippen molar-refractivity contribution in [2.24, 2.45) is 0 Å². The van der Waals surface area contributed by atoms with Crippen molar-refractivity contribution >= 4 is 27.3 Å². The van der Waals surface area contributed by atoms with Crippen LogP contribution in [0.5, 0.6) is 5.75 Å². The highest BCUT2D eigenvalue weighted by Crippen LogP contribution is 2.30. The number of ether oxygens (including phenoxy) is 1. The average molecular weight is 421 g/mol. The molecule has 2 aromatic rings. The molecule has 1 amide bonds. The largest absolute Gasteiger partial charge is 0.492 e. The number of benzene rings is 2. The zero-order chi connectivity index (χ0) is 21.0. The zero-order valence-corrected chi connectivity index (χ0v) is 17.2. The molecule has 2 aromatic carbocycles. The van der Waals surface area contributed by atoms with Crippen LogP contribution in [0.25, 0.3) is 0 Å². The van der Waals surface area contributed by atoms with Gasteiger partial charge in [0.05, 0.1) is 17.2 Å². The summed E-state index contributed by atoms with van der Waals surface area (Å²) < 4.78 is 46.2. The highest BCUT2D eigenvalue weighted by molar-refractivity contribution is 7.89. The number of anilines is 2. The van der Waals surface area contributed by atoms with Gasteiger partial charge in [-0.15, -0.1) is 0 Å². The Morgan fingerprint density at radius 1 is 1.10 bits per heavy atom. The van der Waals surface area contributed by atoms with Crippen LogP contribution in [-0.2, 0) is 14.8 Å². The lowest BCUT2D eigenvalue weighted by Gasteiger charge is -2.35. The molecule has 0 atom stereocenters. The Balaban J connectivity index is 1.77. The van der Waals surface area contributed by atoms with Crippen LogP contribution in [0.3, 0.4) is 0 Å². The fourth-order valence-electron chi connectivity index (χ4n) is 3.23. The normalized spacial score (nSPS) is 15.2. The lowest BCUT2D eigenvalue weighted by Crippen LogP contribution is -2.48. The number of hydrogen-bond acceptors (Lipinski definition) is 5. The minimum Gasteiger partial charge on any atom is -0.492 e. The van der Waals surface area contributed by atoms with E-state index in [4.69, 9.17) is 4.74 Å². The van der Waals surface area contributed by atoms with Gasteiger partial charge in [0.1, 0.15) is 11.6 Å². The Bertz CT molecular complexity index is 972. The van der Waals surface area contributed by atoms with Gasteiger partial charge in [0, 0.05) is 38.8 Å². The maximum atomic E-state index is 13.1. The maximum Gasteiger partial charge on any atom is 0.243 e. The van der Waals surface area contributed by atoms with Crippen molar-refractivity contribution in [1.29, 1.82) is 0 Å². The van der Waals surface area contributed by atoms with Crippen molar-refractivity contribution in [1.82, 2.24) is 4.31 Å². The van der Waals surface area contributed by atoms with Crippen LogP contribution in [0, 0.1) is 5.82 Å². The highest BCUT2D eigenvalue weighted by Gasteiger charge is 2.29. The molecule has 1 fully saturated rings. The summed E-state index contributed by atoms with van der Waals surface area (Å²) in [7, 11) is -3.72. The molecule has 1 saturated heterocycles. The molecule has 1 heterocycles. The van der Waals surface area contributed by atoms with Crippen molar-refractivity contribution in [3.63, 3.8) is 0 Å². The van der Waals surface area contributed by atoms with Crippen LogP contribution in [0.15, 0.2) is 47.4 Å². The number of amides is 1. The second-order valence-corrected chi connectivity index (χ2v) is 8.58. The lowest BCUT2D eigenvalue weighted by molar-refractivity contribution is -0.114. The smallest absolute Gasteiger partial charge is 0.243 e. The number of hydrogen-bond donors (Lipinski definition) is 1. The Kier molecular flexibility index (Phi) is 6.39. The molecule has 1 aliphatic heterocycles. The van der Waals surface area contributed by atoms with Gasteiger partial charge < -0.3 is 15.0 Å². The maximum absolute atomic E-state index is 13.1. The Morgan fingerprint density at radius 3 is 2.34 bits per heavy atom. The van der Waals surface area contributed by atoms with Gasteiger partial charge in [0.25, 0.3) is 0 Å². The van der Waals surface area contributed by atoms with E-state index >= 15 is 0 Å². The summed E-state index contributed by atoms with van der Waals surface area (Å²) >= 11 is 0. The Hall–Kier alpha value is -2.65. The third-order valence-electron chi connectivity index (χ3n) is 4.63. The highest BCUT2D eigenvalue weighted by atomic mass is 32.2. The average Bonchev–Trinajstić information content (AvgIpc) is 2.69. The van der Waals surface area contributed by atoms with Crippen molar-refractivity contribution in [2.75, 3.05) is 43.0 Å². The molecule has 0 aliphatic carbocycles. The van der Waals surface area contributed by atoms with E-state index in [0.717, 1.165) is 5.69 Å². The summed E-state index contributed by atoms with van der Waals surface area (Å²) in [6, 6.07) is 10.6. The van der Waals surface area contributed by atoms with E-state index in [1.54, 1.807) is 18.2 Å². The summed E-state index contributed by atoms with van der Waals surface area (Å²) in [6.07, 6.45) is 0.